The number of nitro benzene ring substituents is 1. The van der Waals surface area contributed by atoms with Crippen molar-refractivity contribution < 1.29 is 10.0 Å². The molecule has 34 heavy (non-hydrogen) atoms. The molecule has 9 nitrogen and oxygen atoms in total. The van der Waals surface area contributed by atoms with Crippen LogP contribution in [0.15, 0.2) is 41.4 Å². The van der Waals surface area contributed by atoms with Gasteiger partial charge in [0.2, 0.25) is 5.88 Å². The summed E-state index contributed by atoms with van der Waals surface area (Å²) in [4.78, 5) is 25.6. The van der Waals surface area contributed by atoms with Crippen LogP contribution in [0.4, 0.5) is 17.1 Å². The molecule has 0 amide bonds. The van der Waals surface area contributed by atoms with E-state index in [4.69, 9.17) is 4.99 Å². The molecule has 1 saturated heterocycles. The van der Waals surface area contributed by atoms with Gasteiger partial charge < -0.3 is 24.8 Å². The molecular weight excluding hydrogens is 432 g/mol. The maximum atomic E-state index is 11.2. The molecule has 1 fully saturated rings. The fraction of sp³-hybridized carbons (Fsp3) is 0.400. The second kappa shape index (κ2) is 8.32. The maximum absolute atomic E-state index is 11.2. The average Bonchev–Trinajstić information content (AvgIpc) is 3.14. The molecule has 5 rings (SSSR count). The number of piperazine rings is 1. The number of H-pyrrole nitrogens is 1. The first-order valence-corrected chi connectivity index (χ1v) is 11.7. The molecule has 2 N–H and O–H groups in total. The van der Waals surface area contributed by atoms with Gasteiger partial charge in [0.05, 0.1) is 21.7 Å². The third kappa shape index (κ3) is 3.75. The van der Waals surface area contributed by atoms with Gasteiger partial charge in [0.25, 0.3) is 5.69 Å². The van der Waals surface area contributed by atoms with Crippen molar-refractivity contribution in [3.8, 4) is 5.88 Å². The molecule has 178 valence electrons. The van der Waals surface area contributed by atoms with Crippen LogP contribution < -0.4 is 4.90 Å². The van der Waals surface area contributed by atoms with Gasteiger partial charge in [0.15, 0.2) is 0 Å². The van der Waals surface area contributed by atoms with Crippen molar-refractivity contribution in [3.63, 3.8) is 0 Å². The lowest BCUT2D eigenvalue weighted by Gasteiger charge is -2.39. The smallest absolute Gasteiger partial charge is 0.271 e. The average molecular weight is 463 g/mol. The van der Waals surface area contributed by atoms with E-state index in [0.29, 0.717) is 34.9 Å². The number of rotatable bonds is 4. The molecule has 3 heterocycles. The second-order valence-corrected chi connectivity index (χ2v) is 9.58. The van der Waals surface area contributed by atoms with E-state index in [1.807, 2.05) is 0 Å². The minimum atomic E-state index is -0.440. The SMILES string of the molecule is CC(C)N1Cc2cc(N3CCN(C)[C@@H](C)C3)ccc2N=C1c1c(O)[nH]c2cc([N+](=O)[O-])ccc12. The van der Waals surface area contributed by atoms with Gasteiger partial charge in [-0.2, -0.15) is 0 Å². The van der Waals surface area contributed by atoms with Gasteiger partial charge >= 0.3 is 0 Å². The number of aromatic hydroxyl groups is 1. The molecule has 9 heteroatoms. The summed E-state index contributed by atoms with van der Waals surface area (Å²) in [5.74, 6) is 0.632. The zero-order chi connectivity index (χ0) is 24.1. The van der Waals surface area contributed by atoms with Crippen molar-refractivity contribution >= 4 is 33.8 Å². The summed E-state index contributed by atoms with van der Waals surface area (Å²) in [5.41, 5.74) is 4.30. The fourth-order valence-electron chi connectivity index (χ4n) is 4.86. The Balaban J connectivity index is 1.56. The standard InChI is InChI=1S/C25H30N6O3/c1-15(2)30-14-17-11-18(29-10-9-28(4)16(3)13-29)6-8-21(17)26-24(30)23-20-7-5-19(31(33)34)12-22(20)27-25(23)32/h5-8,11-12,15-16,27,32H,9-10,13-14H2,1-4H3/t16-/m0/s1. The number of benzene rings is 2. The molecular formula is C25H30N6O3. The topological polar surface area (TPSA) is 101 Å². The van der Waals surface area contributed by atoms with Crippen LogP contribution in [0.25, 0.3) is 10.9 Å². The minimum Gasteiger partial charge on any atom is -0.494 e. The molecule has 2 aliphatic heterocycles. The Kier molecular flexibility index (Phi) is 5.44. The van der Waals surface area contributed by atoms with E-state index in [1.165, 1.54) is 17.8 Å². The predicted molar refractivity (Wildman–Crippen MR) is 134 cm³/mol. The van der Waals surface area contributed by atoms with E-state index >= 15 is 0 Å². The van der Waals surface area contributed by atoms with Crippen molar-refractivity contribution in [1.82, 2.24) is 14.8 Å². The number of aliphatic imine (C=N–C) groups is 1. The number of aromatic amines is 1. The van der Waals surface area contributed by atoms with Crippen LogP contribution in [0.2, 0.25) is 0 Å². The number of hydrogen-bond acceptors (Lipinski definition) is 7. The predicted octanol–water partition coefficient (Wildman–Crippen LogP) is 4.22. The number of aromatic nitrogens is 1. The van der Waals surface area contributed by atoms with Gasteiger partial charge in [-0.1, -0.05) is 0 Å². The first kappa shape index (κ1) is 22.2. The molecule has 1 atom stereocenters. The molecule has 0 bridgehead atoms. The molecule has 2 aromatic carbocycles. The van der Waals surface area contributed by atoms with Crippen molar-refractivity contribution in [2.75, 3.05) is 31.6 Å². The van der Waals surface area contributed by atoms with Crippen LogP contribution in [-0.4, -0.2) is 69.4 Å². The van der Waals surface area contributed by atoms with Crippen LogP contribution in [0.1, 0.15) is 31.9 Å². The second-order valence-electron chi connectivity index (χ2n) is 9.58. The lowest BCUT2D eigenvalue weighted by Crippen LogP contribution is -2.50. The van der Waals surface area contributed by atoms with Crippen LogP contribution in [0, 0.1) is 10.1 Å². The fourth-order valence-corrected chi connectivity index (χ4v) is 4.86. The molecule has 0 saturated carbocycles. The van der Waals surface area contributed by atoms with E-state index in [-0.39, 0.29) is 17.6 Å². The minimum absolute atomic E-state index is 0.0253. The molecule has 0 aliphatic carbocycles. The van der Waals surface area contributed by atoms with Crippen molar-refractivity contribution in [1.29, 1.82) is 0 Å². The summed E-state index contributed by atoms with van der Waals surface area (Å²) in [5, 5.41) is 22.7. The monoisotopic (exact) mass is 462 g/mol. The molecule has 2 aliphatic rings. The van der Waals surface area contributed by atoms with Gasteiger partial charge in [-0.3, -0.25) is 10.1 Å². The van der Waals surface area contributed by atoms with Crippen LogP contribution in [0.3, 0.4) is 0 Å². The van der Waals surface area contributed by atoms with Crippen molar-refractivity contribution in [2.45, 2.75) is 39.4 Å². The number of non-ortho nitro benzene ring substituents is 1. The Morgan fingerprint density at radius 1 is 1.21 bits per heavy atom. The first-order valence-electron chi connectivity index (χ1n) is 11.7. The lowest BCUT2D eigenvalue weighted by atomic mass is 10.0. The Morgan fingerprint density at radius 2 is 2.00 bits per heavy atom. The quantitative estimate of drug-likeness (QED) is 0.445. The van der Waals surface area contributed by atoms with Crippen molar-refractivity contribution in [3.05, 3.63) is 57.6 Å². The number of amidine groups is 1. The molecule has 1 aromatic heterocycles. The summed E-state index contributed by atoms with van der Waals surface area (Å²) in [6.07, 6.45) is 0. The highest BCUT2D eigenvalue weighted by atomic mass is 16.6. The summed E-state index contributed by atoms with van der Waals surface area (Å²) < 4.78 is 0. The van der Waals surface area contributed by atoms with Gasteiger partial charge in [0.1, 0.15) is 5.84 Å². The Morgan fingerprint density at radius 3 is 2.71 bits per heavy atom. The van der Waals surface area contributed by atoms with E-state index in [0.717, 1.165) is 30.9 Å². The largest absolute Gasteiger partial charge is 0.494 e. The van der Waals surface area contributed by atoms with E-state index in [9.17, 15) is 15.2 Å². The number of hydrogen-bond donors (Lipinski definition) is 2. The number of anilines is 1. The van der Waals surface area contributed by atoms with Crippen molar-refractivity contribution in [2.24, 2.45) is 4.99 Å². The summed E-state index contributed by atoms with van der Waals surface area (Å²) in [7, 11) is 2.17. The number of nitrogens with zero attached hydrogens (tertiary/aromatic N) is 5. The summed E-state index contributed by atoms with van der Waals surface area (Å²) >= 11 is 0. The van der Waals surface area contributed by atoms with Gasteiger partial charge in [0, 0.05) is 61.5 Å². The van der Waals surface area contributed by atoms with E-state index in [2.05, 4.69) is 65.7 Å². The zero-order valence-electron chi connectivity index (χ0n) is 19.9. The molecule has 0 spiro atoms. The van der Waals surface area contributed by atoms with Gasteiger partial charge in [-0.05, 0) is 57.6 Å². The third-order valence-electron chi connectivity index (χ3n) is 7.05. The maximum Gasteiger partial charge on any atom is 0.271 e. The highest BCUT2D eigenvalue weighted by Gasteiger charge is 2.29. The van der Waals surface area contributed by atoms with Crippen LogP contribution >= 0.6 is 0 Å². The highest BCUT2D eigenvalue weighted by Crippen LogP contribution is 2.37. The number of nitrogens with one attached hydrogen (secondary N) is 1. The highest BCUT2D eigenvalue weighted by molar-refractivity contribution is 6.13. The zero-order valence-corrected chi connectivity index (χ0v) is 19.9. The van der Waals surface area contributed by atoms with E-state index < -0.39 is 4.92 Å². The lowest BCUT2D eigenvalue weighted by molar-refractivity contribution is -0.384. The third-order valence-corrected chi connectivity index (χ3v) is 7.05. The first-order chi connectivity index (χ1) is 16.2. The Bertz CT molecular complexity index is 1300. The number of fused-ring (bicyclic) bond motifs is 2. The molecule has 0 radical (unpaired) electrons. The number of nitro groups is 1. The molecule has 3 aromatic rings. The summed E-state index contributed by atoms with van der Waals surface area (Å²) in [6.45, 7) is 10.2. The number of likely N-dealkylation sites (N-methyl/N-ethyl adjacent to an activating group) is 1. The summed E-state index contributed by atoms with van der Waals surface area (Å²) in [6, 6.07) is 11.6. The normalized spacial score (nSPS) is 19.0. The van der Waals surface area contributed by atoms with Gasteiger partial charge in [-0.25, -0.2) is 4.99 Å². The molecule has 0 unspecified atom stereocenters. The van der Waals surface area contributed by atoms with E-state index in [1.54, 1.807) is 6.07 Å². The van der Waals surface area contributed by atoms with Gasteiger partial charge in [-0.15, -0.1) is 0 Å². The Hall–Kier alpha value is -3.59. The van der Waals surface area contributed by atoms with Crippen LogP contribution in [-0.2, 0) is 6.54 Å². The Labute approximate surface area is 198 Å². The van der Waals surface area contributed by atoms with Crippen LogP contribution in [0.5, 0.6) is 5.88 Å².